The van der Waals surface area contributed by atoms with Gasteiger partial charge < -0.3 is 10.5 Å². The van der Waals surface area contributed by atoms with E-state index < -0.39 is 41.0 Å². The van der Waals surface area contributed by atoms with Gasteiger partial charge in [0.25, 0.3) is 0 Å². The van der Waals surface area contributed by atoms with Gasteiger partial charge >= 0.3 is 0 Å². The zero-order valence-electron chi connectivity index (χ0n) is 9.37. The third kappa shape index (κ3) is 2.45. The lowest BCUT2D eigenvalue weighted by molar-refractivity contribution is 0.329. The number of rotatable bonds is 4. The van der Waals surface area contributed by atoms with Crippen LogP contribution in [-0.4, -0.2) is 13.7 Å². The quantitative estimate of drug-likeness (QED) is 0.672. The van der Waals surface area contributed by atoms with E-state index in [1.54, 1.807) is 0 Å². The lowest BCUT2D eigenvalue weighted by atomic mass is 10.0. The monoisotopic (exact) mass is 267 g/mol. The zero-order chi connectivity index (χ0) is 13.9. The van der Waals surface area contributed by atoms with Gasteiger partial charge in [0, 0.05) is 18.5 Å². The summed E-state index contributed by atoms with van der Waals surface area (Å²) in [6.07, 6.45) is -0.624. The van der Waals surface area contributed by atoms with Crippen LogP contribution < -0.4 is 10.5 Å². The van der Waals surface area contributed by atoms with E-state index in [9.17, 15) is 22.0 Å². The molecule has 0 unspecified atom stereocenters. The summed E-state index contributed by atoms with van der Waals surface area (Å²) >= 11 is 0. The molecule has 0 aliphatic heterocycles. The van der Waals surface area contributed by atoms with E-state index in [4.69, 9.17) is 5.73 Å². The standard InChI is InChI=1S/C11H10F5NO/c1-18-11-9(15)7(13)6(8(14)10(11)16)2-5(3-12)4-17/h3H,2,4,17H2,1H3. The Balaban J connectivity index is 3.38. The fourth-order valence-corrected chi connectivity index (χ4v) is 1.37. The summed E-state index contributed by atoms with van der Waals surface area (Å²) in [6.45, 7) is -0.329. The van der Waals surface area contributed by atoms with Crippen molar-refractivity contribution in [2.75, 3.05) is 13.7 Å². The third-order valence-corrected chi connectivity index (χ3v) is 2.34. The highest BCUT2D eigenvalue weighted by Crippen LogP contribution is 2.30. The first-order valence-electron chi connectivity index (χ1n) is 4.84. The summed E-state index contributed by atoms with van der Waals surface area (Å²) in [5.74, 6) is -7.74. The number of methoxy groups -OCH3 is 1. The van der Waals surface area contributed by atoms with Crippen molar-refractivity contribution in [3.05, 3.63) is 40.7 Å². The predicted octanol–water partition coefficient (Wildman–Crippen LogP) is 2.61. The molecule has 0 fully saturated rings. The minimum Gasteiger partial charge on any atom is -0.491 e. The highest BCUT2D eigenvalue weighted by molar-refractivity contribution is 5.36. The molecule has 0 aliphatic rings. The number of benzene rings is 1. The molecule has 0 aromatic heterocycles. The molecule has 0 atom stereocenters. The van der Waals surface area contributed by atoms with Crippen LogP contribution in [0.25, 0.3) is 0 Å². The Kier molecular flexibility index (Phi) is 4.66. The predicted molar refractivity (Wildman–Crippen MR) is 54.8 cm³/mol. The second-order valence-electron chi connectivity index (χ2n) is 3.42. The summed E-state index contributed by atoms with van der Waals surface area (Å²) in [7, 11) is 0.868. The van der Waals surface area contributed by atoms with Crippen molar-refractivity contribution in [3.8, 4) is 5.75 Å². The van der Waals surface area contributed by atoms with Crippen molar-refractivity contribution < 1.29 is 26.7 Å². The van der Waals surface area contributed by atoms with E-state index in [-0.39, 0.29) is 18.4 Å². The van der Waals surface area contributed by atoms with Crippen molar-refractivity contribution in [2.45, 2.75) is 6.42 Å². The van der Waals surface area contributed by atoms with E-state index in [2.05, 4.69) is 4.74 Å². The fourth-order valence-electron chi connectivity index (χ4n) is 1.37. The Morgan fingerprint density at radius 1 is 1.11 bits per heavy atom. The van der Waals surface area contributed by atoms with Gasteiger partial charge in [-0.1, -0.05) is 0 Å². The lowest BCUT2D eigenvalue weighted by Crippen LogP contribution is -2.11. The summed E-state index contributed by atoms with van der Waals surface area (Å²) in [5, 5.41) is 0. The third-order valence-electron chi connectivity index (χ3n) is 2.34. The van der Waals surface area contributed by atoms with Gasteiger partial charge in [-0.15, -0.1) is 0 Å². The van der Waals surface area contributed by atoms with E-state index in [0.29, 0.717) is 0 Å². The molecule has 7 heteroatoms. The van der Waals surface area contributed by atoms with Crippen LogP contribution in [-0.2, 0) is 6.42 Å². The fraction of sp³-hybridized carbons (Fsp3) is 0.273. The van der Waals surface area contributed by atoms with Gasteiger partial charge in [-0.25, -0.2) is 13.2 Å². The normalized spacial score (nSPS) is 11.8. The second-order valence-corrected chi connectivity index (χ2v) is 3.42. The molecular weight excluding hydrogens is 257 g/mol. The van der Waals surface area contributed by atoms with E-state index in [1.807, 2.05) is 0 Å². The number of nitrogens with two attached hydrogens (primary N) is 1. The van der Waals surface area contributed by atoms with Crippen LogP contribution in [0, 0.1) is 23.3 Å². The highest BCUT2D eigenvalue weighted by Gasteiger charge is 2.26. The van der Waals surface area contributed by atoms with Crippen LogP contribution in [0.1, 0.15) is 5.56 Å². The average Bonchev–Trinajstić information content (AvgIpc) is 2.38. The van der Waals surface area contributed by atoms with Gasteiger partial charge in [-0.2, -0.15) is 8.78 Å². The topological polar surface area (TPSA) is 35.2 Å². The van der Waals surface area contributed by atoms with Crippen molar-refractivity contribution in [1.29, 1.82) is 0 Å². The Morgan fingerprint density at radius 3 is 1.94 bits per heavy atom. The molecule has 100 valence electrons. The Labute approximate surface area is 99.8 Å². The van der Waals surface area contributed by atoms with Crippen molar-refractivity contribution >= 4 is 0 Å². The summed E-state index contributed by atoms with van der Waals surface area (Å²) in [6, 6.07) is 0. The second kappa shape index (κ2) is 5.81. The van der Waals surface area contributed by atoms with Crippen LogP contribution in [0.15, 0.2) is 11.9 Å². The van der Waals surface area contributed by atoms with Gasteiger partial charge in [-0.05, 0) is 5.57 Å². The Hall–Kier alpha value is -1.63. The van der Waals surface area contributed by atoms with Crippen LogP contribution in [0.5, 0.6) is 5.75 Å². The molecule has 0 heterocycles. The molecule has 1 aromatic carbocycles. The first kappa shape index (κ1) is 14.4. The smallest absolute Gasteiger partial charge is 0.204 e. The Bertz CT molecular complexity index is 458. The zero-order valence-corrected chi connectivity index (χ0v) is 9.37. The molecule has 2 N–H and O–H groups in total. The molecule has 0 amide bonds. The molecule has 18 heavy (non-hydrogen) atoms. The molecule has 1 aromatic rings. The SMILES string of the molecule is COc1c(F)c(F)c(CC(=CF)CN)c(F)c1F. The lowest BCUT2D eigenvalue weighted by Gasteiger charge is -2.11. The molecule has 2 nitrogen and oxygen atoms in total. The molecule has 0 saturated carbocycles. The van der Waals surface area contributed by atoms with Gasteiger partial charge in [0.05, 0.1) is 13.4 Å². The Morgan fingerprint density at radius 2 is 1.61 bits per heavy atom. The maximum atomic E-state index is 13.5. The molecule has 0 spiro atoms. The first-order valence-corrected chi connectivity index (χ1v) is 4.84. The first-order chi connectivity index (χ1) is 8.47. The van der Waals surface area contributed by atoms with Crippen LogP contribution in [0.4, 0.5) is 22.0 Å². The number of halogens is 5. The number of hydrogen-bond donors (Lipinski definition) is 1. The summed E-state index contributed by atoms with van der Waals surface area (Å²) in [5.41, 5.74) is 3.97. The van der Waals surface area contributed by atoms with Gasteiger partial charge in [-0.3, -0.25) is 0 Å². The maximum Gasteiger partial charge on any atom is 0.204 e. The van der Waals surface area contributed by atoms with Crippen molar-refractivity contribution in [1.82, 2.24) is 0 Å². The van der Waals surface area contributed by atoms with Crippen LogP contribution in [0.2, 0.25) is 0 Å². The molecule has 0 saturated heterocycles. The largest absolute Gasteiger partial charge is 0.491 e. The van der Waals surface area contributed by atoms with E-state index in [1.165, 1.54) is 0 Å². The van der Waals surface area contributed by atoms with Crippen LogP contribution in [0.3, 0.4) is 0 Å². The summed E-state index contributed by atoms with van der Waals surface area (Å²) < 4.78 is 70.0. The van der Waals surface area contributed by atoms with Gasteiger partial charge in [0.1, 0.15) is 0 Å². The minimum absolute atomic E-state index is 0.0406. The highest BCUT2D eigenvalue weighted by atomic mass is 19.2. The molecule has 0 radical (unpaired) electrons. The molecule has 0 aliphatic carbocycles. The van der Waals surface area contributed by atoms with Crippen LogP contribution >= 0.6 is 0 Å². The van der Waals surface area contributed by atoms with Crippen molar-refractivity contribution in [2.24, 2.45) is 5.73 Å². The number of ether oxygens (including phenoxy) is 1. The van der Waals surface area contributed by atoms with E-state index >= 15 is 0 Å². The number of hydrogen-bond acceptors (Lipinski definition) is 2. The van der Waals surface area contributed by atoms with E-state index in [0.717, 1.165) is 7.11 Å². The average molecular weight is 267 g/mol. The summed E-state index contributed by atoms with van der Waals surface area (Å²) in [4.78, 5) is 0. The molecular formula is C11H10F5NO. The maximum absolute atomic E-state index is 13.5. The van der Waals surface area contributed by atoms with Gasteiger partial charge in [0.15, 0.2) is 17.4 Å². The molecule has 1 rings (SSSR count). The van der Waals surface area contributed by atoms with Gasteiger partial charge in [0.2, 0.25) is 11.6 Å². The minimum atomic E-state index is -1.67. The van der Waals surface area contributed by atoms with Crippen molar-refractivity contribution in [3.63, 3.8) is 0 Å². The molecule has 0 bridgehead atoms.